The first kappa shape index (κ1) is 28.5. The van der Waals surface area contributed by atoms with Crippen LogP contribution in [0.4, 0.5) is 0 Å². The third kappa shape index (κ3) is 8.81. The van der Waals surface area contributed by atoms with Crippen LogP contribution in [-0.2, 0) is 9.59 Å². The van der Waals surface area contributed by atoms with Crippen molar-refractivity contribution in [2.45, 2.75) is 89.5 Å². The van der Waals surface area contributed by atoms with E-state index < -0.39 is 0 Å². The van der Waals surface area contributed by atoms with Gasteiger partial charge in [-0.25, -0.2) is 4.72 Å². The lowest BCUT2D eigenvalue weighted by atomic mass is 9.80. The molecule has 2 amide bonds. The van der Waals surface area contributed by atoms with Crippen LogP contribution < -0.4 is 10.0 Å². The second-order valence-corrected chi connectivity index (χ2v) is 11.2. The van der Waals surface area contributed by atoms with Crippen molar-refractivity contribution in [2.75, 3.05) is 19.6 Å². The first-order valence-corrected chi connectivity index (χ1v) is 14.8. The molecule has 1 saturated carbocycles. The molecule has 3 rings (SSSR count). The van der Waals surface area contributed by atoms with Gasteiger partial charge in [-0.1, -0.05) is 83.2 Å². The molecule has 5 nitrogen and oxygen atoms in total. The first-order chi connectivity index (χ1) is 17.5. The van der Waals surface area contributed by atoms with Crippen LogP contribution in [0.1, 0.15) is 78.6 Å². The van der Waals surface area contributed by atoms with E-state index in [9.17, 15) is 9.59 Å². The van der Waals surface area contributed by atoms with Gasteiger partial charge in [-0.15, -0.1) is 0 Å². The van der Waals surface area contributed by atoms with Gasteiger partial charge in [0.1, 0.15) is 0 Å². The zero-order valence-corrected chi connectivity index (χ0v) is 23.2. The van der Waals surface area contributed by atoms with Crippen LogP contribution in [0, 0.1) is 11.8 Å². The van der Waals surface area contributed by atoms with E-state index in [1.165, 1.54) is 54.8 Å². The molecule has 0 heterocycles. The standard InChI is InChI=1S/C30H45N3O2S/c1-4-10-24(16-15-23-11-9-12-23)21-31-29(34)22-33(19-5-2)30(35)28(6-3)32-36-27-18-17-25-13-7-8-14-26(25)20-27/h7-8,13-14,17-18,20,23-24,28,32H,4-6,9-12,15-16,19,21-22H2,1-3H3,(H,31,34). The SMILES string of the molecule is CCCC(CCC1CCC1)CNC(=O)CN(CCC)C(=O)C(CC)NSc1ccc2ccccc2c1. The molecule has 0 spiro atoms. The van der Waals surface area contributed by atoms with Crippen LogP contribution in [0.3, 0.4) is 0 Å². The van der Waals surface area contributed by atoms with Crippen LogP contribution in [0.15, 0.2) is 47.4 Å². The van der Waals surface area contributed by atoms with Crippen molar-refractivity contribution in [3.05, 3.63) is 42.5 Å². The maximum atomic E-state index is 13.4. The zero-order valence-electron chi connectivity index (χ0n) is 22.4. The van der Waals surface area contributed by atoms with Gasteiger partial charge in [0, 0.05) is 18.0 Å². The summed E-state index contributed by atoms with van der Waals surface area (Å²) in [7, 11) is 0. The summed E-state index contributed by atoms with van der Waals surface area (Å²) in [6.45, 7) is 7.72. The highest BCUT2D eigenvalue weighted by molar-refractivity contribution is 7.97. The fourth-order valence-corrected chi connectivity index (χ4v) is 5.80. The predicted molar refractivity (Wildman–Crippen MR) is 152 cm³/mol. The molecule has 0 bridgehead atoms. The van der Waals surface area contributed by atoms with Crippen molar-refractivity contribution in [1.29, 1.82) is 0 Å². The topological polar surface area (TPSA) is 61.4 Å². The Morgan fingerprint density at radius 2 is 1.81 bits per heavy atom. The van der Waals surface area contributed by atoms with Crippen molar-refractivity contribution < 1.29 is 9.59 Å². The van der Waals surface area contributed by atoms with Gasteiger partial charge in [0.2, 0.25) is 11.8 Å². The Bertz CT molecular complexity index is 962. The molecular formula is C30H45N3O2S. The molecule has 2 unspecified atom stereocenters. The molecule has 6 heteroatoms. The van der Waals surface area contributed by atoms with Crippen molar-refractivity contribution in [3.8, 4) is 0 Å². The molecule has 0 radical (unpaired) electrons. The maximum Gasteiger partial charge on any atom is 0.241 e. The molecule has 2 aromatic carbocycles. The molecular weight excluding hydrogens is 466 g/mol. The predicted octanol–water partition coefficient (Wildman–Crippen LogP) is 6.57. The van der Waals surface area contributed by atoms with Gasteiger partial charge >= 0.3 is 0 Å². The van der Waals surface area contributed by atoms with Crippen molar-refractivity contribution in [3.63, 3.8) is 0 Å². The number of rotatable bonds is 16. The van der Waals surface area contributed by atoms with Crippen molar-refractivity contribution >= 4 is 34.5 Å². The summed E-state index contributed by atoms with van der Waals surface area (Å²) in [5.41, 5.74) is 0. The molecule has 1 fully saturated rings. The molecule has 2 aromatic rings. The quantitative estimate of drug-likeness (QED) is 0.250. The molecule has 0 saturated heterocycles. The lowest BCUT2D eigenvalue weighted by Gasteiger charge is -2.28. The summed E-state index contributed by atoms with van der Waals surface area (Å²) in [5.74, 6) is 1.40. The van der Waals surface area contributed by atoms with Crippen molar-refractivity contribution in [2.24, 2.45) is 11.8 Å². The molecule has 2 N–H and O–H groups in total. The number of hydrogen-bond acceptors (Lipinski definition) is 4. The Balaban J connectivity index is 1.50. The Labute approximate surface area is 222 Å². The van der Waals surface area contributed by atoms with E-state index in [0.29, 0.717) is 18.9 Å². The Morgan fingerprint density at radius 1 is 1.03 bits per heavy atom. The third-order valence-corrected chi connectivity index (χ3v) is 8.27. The number of carbonyl (C=O) groups is 2. The summed E-state index contributed by atoms with van der Waals surface area (Å²) < 4.78 is 3.36. The van der Waals surface area contributed by atoms with E-state index >= 15 is 0 Å². The number of carbonyl (C=O) groups excluding carboxylic acids is 2. The van der Waals surface area contributed by atoms with E-state index in [1.54, 1.807) is 4.90 Å². The number of nitrogens with one attached hydrogen (secondary N) is 2. The van der Waals surface area contributed by atoms with E-state index in [2.05, 4.69) is 47.3 Å². The highest BCUT2D eigenvalue weighted by Crippen LogP contribution is 2.32. The van der Waals surface area contributed by atoms with E-state index in [1.807, 2.05) is 26.0 Å². The largest absolute Gasteiger partial charge is 0.354 e. The second kappa shape index (κ2) is 15.3. The molecule has 1 aliphatic rings. The van der Waals surface area contributed by atoms with Gasteiger partial charge in [-0.2, -0.15) is 0 Å². The molecule has 1 aliphatic carbocycles. The summed E-state index contributed by atoms with van der Waals surface area (Å²) >= 11 is 1.49. The summed E-state index contributed by atoms with van der Waals surface area (Å²) in [6.07, 6.45) is 10.4. The summed E-state index contributed by atoms with van der Waals surface area (Å²) in [4.78, 5) is 29.0. The van der Waals surface area contributed by atoms with Gasteiger partial charge in [0.25, 0.3) is 0 Å². The van der Waals surface area contributed by atoms with Crippen LogP contribution in [0.2, 0.25) is 0 Å². The monoisotopic (exact) mass is 511 g/mol. The van der Waals surface area contributed by atoms with Crippen LogP contribution in [0.25, 0.3) is 10.8 Å². The van der Waals surface area contributed by atoms with Gasteiger partial charge in [-0.05, 0) is 72.4 Å². The fourth-order valence-electron chi connectivity index (χ4n) is 4.93. The second-order valence-electron chi connectivity index (χ2n) is 10.3. The lowest BCUT2D eigenvalue weighted by Crippen LogP contribution is -2.48. The minimum absolute atomic E-state index is 0.00196. The number of amides is 2. The Morgan fingerprint density at radius 3 is 2.47 bits per heavy atom. The molecule has 36 heavy (non-hydrogen) atoms. The fraction of sp³-hybridized carbons (Fsp3) is 0.600. The van der Waals surface area contributed by atoms with Crippen LogP contribution >= 0.6 is 11.9 Å². The number of nitrogens with zero attached hydrogens (tertiary/aromatic N) is 1. The highest BCUT2D eigenvalue weighted by Gasteiger charge is 2.25. The van der Waals surface area contributed by atoms with E-state index in [-0.39, 0.29) is 24.4 Å². The van der Waals surface area contributed by atoms with Crippen LogP contribution in [0.5, 0.6) is 0 Å². The zero-order chi connectivity index (χ0) is 25.8. The minimum atomic E-state index is -0.337. The van der Waals surface area contributed by atoms with Crippen molar-refractivity contribution in [1.82, 2.24) is 14.9 Å². The summed E-state index contributed by atoms with van der Waals surface area (Å²) in [5, 5.41) is 5.53. The average Bonchev–Trinajstić information content (AvgIpc) is 2.86. The maximum absolute atomic E-state index is 13.4. The molecule has 0 aromatic heterocycles. The van der Waals surface area contributed by atoms with E-state index in [4.69, 9.17) is 0 Å². The highest BCUT2D eigenvalue weighted by atomic mass is 32.2. The molecule has 0 aliphatic heterocycles. The Hall–Kier alpha value is -2.05. The summed E-state index contributed by atoms with van der Waals surface area (Å²) in [6, 6.07) is 14.3. The first-order valence-electron chi connectivity index (χ1n) is 14.0. The third-order valence-electron chi connectivity index (χ3n) is 7.38. The molecule has 2 atom stereocenters. The Kier molecular flexibility index (Phi) is 12.1. The van der Waals surface area contributed by atoms with Gasteiger partial charge in [0.15, 0.2) is 0 Å². The average molecular weight is 512 g/mol. The van der Waals surface area contributed by atoms with Gasteiger partial charge in [0.05, 0.1) is 12.6 Å². The van der Waals surface area contributed by atoms with E-state index in [0.717, 1.165) is 36.6 Å². The normalized spacial score (nSPS) is 15.3. The minimum Gasteiger partial charge on any atom is -0.354 e. The number of hydrogen-bond donors (Lipinski definition) is 2. The lowest BCUT2D eigenvalue weighted by molar-refractivity contribution is -0.137. The molecule has 198 valence electrons. The number of fused-ring (bicyclic) bond motifs is 1. The van der Waals surface area contributed by atoms with Gasteiger partial charge < -0.3 is 10.2 Å². The van der Waals surface area contributed by atoms with Gasteiger partial charge in [-0.3, -0.25) is 9.59 Å². The van der Waals surface area contributed by atoms with Crippen LogP contribution in [-0.4, -0.2) is 42.4 Å². The smallest absolute Gasteiger partial charge is 0.241 e. The number of benzene rings is 2.